The lowest BCUT2D eigenvalue weighted by Gasteiger charge is -2.15. The summed E-state index contributed by atoms with van der Waals surface area (Å²) in [5.41, 5.74) is -1.45. The summed E-state index contributed by atoms with van der Waals surface area (Å²) in [5.74, 6) is 0. The first kappa shape index (κ1) is 33.0. The molecule has 12 N–H and O–H groups in total. The normalized spacial score (nSPS) is 23.0. The third kappa shape index (κ3) is 19.5. The molecule has 0 aliphatic carbocycles. The molecule has 23 heteroatoms. The molecule has 1 unspecified atom stereocenters. The number of phosphoric acid groups is 3. The minimum absolute atomic E-state index is 0.559. The lowest BCUT2D eigenvalue weighted by Crippen LogP contribution is -2.35. The molecule has 0 bridgehead atoms. The highest BCUT2D eigenvalue weighted by molar-refractivity contribution is 7.45. The Morgan fingerprint density at radius 3 is 1.59 bits per heavy atom. The molecule has 1 aromatic rings. The minimum atomic E-state index is -4.64. The third-order valence-corrected chi connectivity index (χ3v) is 2.60. The summed E-state index contributed by atoms with van der Waals surface area (Å²) >= 11 is 0. The third-order valence-electron chi connectivity index (χ3n) is 2.60. The van der Waals surface area contributed by atoms with Crippen LogP contribution in [0.4, 0.5) is 4.39 Å². The van der Waals surface area contributed by atoms with Crippen LogP contribution in [0.1, 0.15) is 6.23 Å². The number of ether oxygens (including phenoxy) is 1. The van der Waals surface area contributed by atoms with Crippen LogP contribution in [0, 0.1) is 0 Å². The first-order valence-corrected chi connectivity index (χ1v) is 12.0. The average Bonchev–Trinajstić information content (AvgIpc) is 2.78. The maximum atomic E-state index is 13.6. The van der Waals surface area contributed by atoms with Crippen molar-refractivity contribution in [3.05, 3.63) is 33.1 Å². The summed E-state index contributed by atoms with van der Waals surface area (Å²) in [7, 11) is -13.9. The number of hydrogen-bond acceptors (Lipinski definition) is 8. The van der Waals surface area contributed by atoms with Crippen molar-refractivity contribution in [3.8, 4) is 0 Å². The highest BCUT2D eigenvalue weighted by atomic mass is 31.2. The molecule has 0 spiro atoms. The summed E-state index contributed by atoms with van der Waals surface area (Å²) in [4.78, 5) is 88.9. The van der Waals surface area contributed by atoms with Gasteiger partial charge in [0.15, 0.2) is 12.4 Å². The smallest absolute Gasteiger partial charge is 0.394 e. The molecule has 4 atom stereocenters. The van der Waals surface area contributed by atoms with Gasteiger partial charge in [0, 0.05) is 12.3 Å². The first-order valence-electron chi connectivity index (χ1n) is 7.29. The first-order chi connectivity index (χ1) is 14.0. The van der Waals surface area contributed by atoms with E-state index in [0.29, 0.717) is 0 Å². The summed E-state index contributed by atoms with van der Waals surface area (Å²) in [5, 5.41) is 18.2. The van der Waals surface area contributed by atoms with Gasteiger partial charge < -0.3 is 59.0 Å². The minimum Gasteiger partial charge on any atom is -0.394 e. The number of nitrogens with one attached hydrogen (secondary N) is 1. The van der Waals surface area contributed by atoms with Crippen LogP contribution in [-0.2, 0) is 18.4 Å². The molecule has 2 rings (SSSR count). The zero-order chi connectivity index (χ0) is 26.1. The van der Waals surface area contributed by atoms with E-state index in [2.05, 4.69) is 0 Å². The van der Waals surface area contributed by atoms with Gasteiger partial charge in [-0.15, -0.1) is 0 Å². The van der Waals surface area contributed by atoms with Crippen molar-refractivity contribution in [1.82, 2.24) is 9.55 Å². The predicted molar refractivity (Wildman–Crippen MR) is 96.0 cm³/mol. The number of rotatable bonds is 2. The average molecular weight is 540 g/mol. The van der Waals surface area contributed by atoms with Crippen LogP contribution < -0.4 is 11.2 Å². The fourth-order valence-corrected chi connectivity index (χ4v) is 1.71. The summed E-state index contributed by atoms with van der Waals surface area (Å²) in [6.45, 7) is -0.559. The van der Waals surface area contributed by atoms with Crippen molar-refractivity contribution >= 4 is 23.5 Å². The van der Waals surface area contributed by atoms with Crippen LogP contribution >= 0.6 is 23.5 Å². The number of aromatic amines is 1. The van der Waals surface area contributed by atoms with Gasteiger partial charge >= 0.3 is 29.2 Å². The van der Waals surface area contributed by atoms with Gasteiger partial charge in [0.1, 0.15) is 12.2 Å². The molecular formula is C9H20FN2O17P3. The van der Waals surface area contributed by atoms with Gasteiger partial charge in [0.2, 0.25) is 0 Å². The van der Waals surface area contributed by atoms with Gasteiger partial charge in [-0.1, -0.05) is 0 Å². The second-order valence-corrected chi connectivity index (χ2v) is 8.32. The van der Waals surface area contributed by atoms with E-state index < -0.39 is 65.9 Å². The molecule has 1 aliphatic heterocycles. The van der Waals surface area contributed by atoms with Crippen molar-refractivity contribution in [2.75, 3.05) is 6.61 Å². The molecule has 1 aromatic heterocycles. The summed E-state index contributed by atoms with van der Waals surface area (Å²) in [6.07, 6.45) is -4.73. The van der Waals surface area contributed by atoms with E-state index in [9.17, 15) is 19.1 Å². The number of halogens is 1. The molecule has 19 nitrogen and oxygen atoms in total. The van der Waals surface area contributed by atoms with E-state index in [1.807, 2.05) is 4.98 Å². The van der Waals surface area contributed by atoms with Crippen molar-refractivity contribution in [3.63, 3.8) is 0 Å². The van der Waals surface area contributed by atoms with Crippen LogP contribution in [-0.4, -0.2) is 88.8 Å². The Balaban J connectivity index is 0. The Hall–Kier alpha value is -1.18. The van der Waals surface area contributed by atoms with Gasteiger partial charge in [0.05, 0.1) is 6.61 Å². The maximum absolute atomic E-state index is 13.6. The highest BCUT2D eigenvalue weighted by Gasteiger charge is 2.45. The number of nitrogens with zero attached hydrogens (tertiary/aromatic N) is 1. The molecule has 0 saturated carbocycles. The summed E-state index contributed by atoms with van der Waals surface area (Å²) in [6, 6.07) is 1.04. The maximum Gasteiger partial charge on any atom is 0.466 e. The van der Waals surface area contributed by atoms with E-state index in [1.54, 1.807) is 0 Å². The molecule has 1 saturated heterocycles. The fourth-order valence-electron chi connectivity index (χ4n) is 1.71. The quantitative estimate of drug-likeness (QED) is 0.157. The number of H-pyrrole nitrogens is 1. The number of aliphatic hydroxyl groups is 2. The second-order valence-electron chi connectivity index (χ2n) is 5.24. The van der Waals surface area contributed by atoms with Gasteiger partial charge in [-0.3, -0.25) is 14.3 Å². The Morgan fingerprint density at radius 2 is 1.31 bits per heavy atom. The second kappa shape index (κ2) is 13.5. The molecule has 32 heavy (non-hydrogen) atoms. The van der Waals surface area contributed by atoms with Crippen molar-refractivity contribution in [1.29, 1.82) is 0 Å². The standard InChI is InChI=1S/C9H11FN2O5.3H3O4P/c10-6-7(15)4(3-13)17-8(6)12-2-1-5(14)11-9(12)16;3*1-5(2,3)4/h1-2,4,6-8,13,15H,3H2,(H,11,14,16);3*(H3,1,2,3,4)/t4-,6?,7-,8-;;;/m1.../s1. The Kier molecular flexibility index (Phi) is 13.9. The topological polar surface area (TPSA) is 338 Å². The van der Waals surface area contributed by atoms with Crippen LogP contribution in [0.3, 0.4) is 0 Å². The van der Waals surface area contributed by atoms with E-state index in [1.165, 1.54) is 0 Å². The molecular weight excluding hydrogens is 520 g/mol. The molecule has 1 fully saturated rings. The number of hydrogen-bond donors (Lipinski definition) is 12. The van der Waals surface area contributed by atoms with Crippen LogP contribution in [0.2, 0.25) is 0 Å². The molecule has 0 amide bonds. The SMILES string of the molecule is O=P(O)(O)O.O=P(O)(O)O.O=P(O)(O)O.O=c1ccn([C@@H]2O[C@H](CO)[C@@H](O)C2F)c(=O)[nH]1. The van der Waals surface area contributed by atoms with Gasteiger partial charge in [0.25, 0.3) is 5.56 Å². The fraction of sp³-hybridized carbons (Fsp3) is 0.556. The van der Waals surface area contributed by atoms with Gasteiger partial charge in [-0.2, -0.15) is 0 Å². The molecule has 190 valence electrons. The van der Waals surface area contributed by atoms with Crippen LogP contribution in [0.5, 0.6) is 0 Å². The molecule has 0 radical (unpaired) electrons. The zero-order valence-corrected chi connectivity index (χ0v) is 17.9. The Morgan fingerprint density at radius 1 is 0.938 bits per heavy atom. The van der Waals surface area contributed by atoms with Crippen molar-refractivity contribution in [2.24, 2.45) is 0 Å². The van der Waals surface area contributed by atoms with Crippen LogP contribution in [0.25, 0.3) is 0 Å². The lowest BCUT2D eigenvalue weighted by molar-refractivity contribution is -0.0491. The predicted octanol–water partition coefficient (Wildman–Crippen LogP) is -4.66. The van der Waals surface area contributed by atoms with Crippen molar-refractivity contribution < 1.29 is 77.1 Å². The lowest BCUT2D eigenvalue weighted by atomic mass is 10.1. The monoisotopic (exact) mass is 540 g/mol. The van der Waals surface area contributed by atoms with E-state index >= 15 is 0 Å². The number of alkyl halides is 1. The Labute approximate surface area is 175 Å². The summed E-state index contributed by atoms with van der Waals surface area (Å²) < 4.78 is 46.1. The van der Waals surface area contributed by atoms with Crippen LogP contribution in [0.15, 0.2) is 21.9 Å². The molecule has 1 aliphatic rings. The zero-order valence-electron chi connectivity index (χ0n) is 15.2. The molecule has 0 aromatic carbocycles. The largest absolute Gasteiger partial charge is 0.466 e. The highest BCUT2D eigenvalue weighted by Crippen LogP contribution is 2.30. The Bertz CT molecular complexity index is 875. The van der Waals surface area contributed by atoms with E-state index in [-0.39, 0.29) is 0 Å². The van der Waals surface area contributed by atoms with Gasteiger partial charge in [-0.05, 0) is 0 Å². The molecule has 2 heterocycles. The van der Waals surface area contributed by atoms with E-state index in [0.717, 1.165) is 16.8 Å². The number of aromatic nitrogens is 2. The van der Waals surface area contributed by atoms with Crippen molar-refractivity contribution in [2.45, 2.75) is 24.6 Å². The number of aliphatic hydroxyl groups excluding tert-OH is 2. The van der Waals surface area contributed by atoms with Gasteiger partial charge in [-0.25, -0.2) is 22.9 Å². The van der Waals surface area contributed by atoms with E-state index in [4.69, 9.17) is 67.6 Å².